The molecule has 1 aromatic heterocycles. The summed E-state index contributed by atoms with van der Waals surface area (Å²) >= 11 is 0. The van der Waals surface area contributed by atoms with Crippen molar-refractivity contribution in [1.82, 2.24) is 4.98 Å². The van der Waals surface area contributed by atoms with E-state index in [-0.39, 0.29) is 5.75 Å². The Morgan fingerprint density at radius 3 is 2.71 bits per heavy atom. The molecule has 0 aromatic carbocycles. The fraction of sp³-hybridized carbons (Fsp3) is 0.167. The second-order valence-electron chi connectivity index (χ2n) is 2.13. The fourth-order valence-corrected chi connectivity index (χ4v) is 0.752. The van der Waals surface area contributed by atoms with Gasteiger partial charge in [-0.3, -0.25) is 0 Å². The van der Waals surface area contributed by atoms with Gasteiger partial charge < -0.3 is 19.4 Å². The number of hydrogen-bond acceptors (Lipinski definition) is 5. The summed E-state index contributed by atoms with van der Waals surface area (Å²) in [5.74, 6) is -0.779. The molecule has 1 heterocycles. The highest BCUT2D eigenvalue weighted by molar-refractivity contribution is 6.33. The molecule has 0 aliphatic carbocycles. The van der Waals surface area contributed by atoms with Gasteiger partial charge in [-0.15, -0.1) is 0 Å². The maximum absolute atomic E-state index is 11.8. The summed E-state index contributed by atoms with van der Waals surface area (Å²) in [5, 5.41) is 16.9. The van der Waals surface area contributed by atoms with Gasteiger partial charge in [-0.25, -0.2) is 4.98 Å². The number of halogens is 2. The highest BCUT2D eigenvalue weighted by atomic mass is 19.3. The Morgan fingerprint density at radius 1 is 1.43 bits per heavy atom. The Balaban J connectivity index is 2.80. The van der Waals surface area contributed by atoms with Crippen LogP contribution in [0.1, 0.15) is 0 Å². The molecule has 1 aromatic rings. The van der Waals surface area contributed by atoms with E-state index in [4.69, 9.17) is 10.0 Å². The minimum absolute atomic E-state index is 0.275. The Kier molecular flexibility index (Phi) is 3.60. The summed E-state index contributed by atoms with van der Waals surface area (Å²) in [5.41, 5.74) is 0. The van der Waals surface area contributed by atoms with Crippen LogP contribution in [-0.2, 0) is 0 Å². The summed E-state index contributed by atoms with van der Waals surface area (Å²) in [6.45, 7) is -3.05. The highest BCUT2D eigenvalue weighted by Gasteiger charge is 2.17. The van der Waals surface area contributed by atoms with E-state index in [0.29, 0.717) is 0 Å². The van der Waals surface area contributed by atoms with Crippen molar-refractivity contribution >= 4 is 7.32 Å². The van der Waals surface area contributed by atoms with E-state index in [1.807, 2.05) is 0 Å². The zero-order valence-corrected chi connectivity index (χ0v) is 6.80. The normalized spacial score (nSPS) is 10.1. The van der Waals surface area contributed by atoms with Crippen molar-refractivity contribution in [2.75, 3.05) is 0 Å². The first kappa shape index (κ1) is 10.7. The van der Waals surface area contributed by atoms with Crippen LogP contribution in [0.3, 0.4) is 0 Å². The van der Waals surface area contributed by atoms with Crippen LogP contribution in [0, 0.1) is 0 Å². The van der Waals surface area contributed by atoms with Gasteiger partial charge in [0.15, 0.2) is 5.75 Å². The van der Waals surface area contributed by atoms with Crippen molar-refractivity contribution in [3.8, 4) is 11.6 Å². The molecule has 0 fully saturated rings. The van der Waals surface area contributed by atoms with Crippen molar-refractivity contribution in [3.05, 3.63) is 18.3 Å². The zero-order chi connectivity index (χ0) is 10.6. The molecule has 0 bridgehead atoms. The van der Waals surface area contributed by atoms with E-state index in [1.54, 1.807) is 0 Å². The first-order valence-electron chi connectivity index (χ1n) is 3.52. The molecule has 2 N–H and O–H groups in total. The first-order valence-corrected chi connectivity index (χ1v) is 3.52. The predicted molar refractivity (Wildman–Crippen MR) is 41.7 cm³/mol. The van der Waals surface area contributed by atoms with Gasteiger partial charge in [0.2, 0.25) is 0 Å². The van der Waals surface area contributed by atoms with E-state index in [9.17, 15) is 8.78 Å². The van der Waals surface area contributed by atoms with E-state index in [1.165, 1.54) is 18.3 Å². The minimum atomic E-state index is -3.05. The fourth-order valence-electron chi connectivity index (χ4n) is 0.752. The molecular formula is C6H6BF2NO4. The van der Waals surface area contributed by atoms with Crippen molar-refractivity contribution in [2.24, 2.45) is 0 Å². The molecule has 0 radical (unpaired) electrons. The van der Waals surface area contributed by atoms with Crippen LogP contribution in [0.5, 0.6) is 11.6 Å². The van der Waals surface area contributed by atoms with Crippen LogP contribution in [0.25, 0.3) is 0 Å². The molecule has 0 atom stereocenters. The Morgan fingerprint density at radius 2 is 2.14 bits per heavy atom. The largest absolute Gasteiger partial charge is 0.707 e. The Bertz CT molecular complexity index is 270. The van der Waals surface area contributed by atoms with Gasteiger partial charge in [-0.1, -0.05) is 0 Å². The van der Waals surface area contributed by atoms with E-state index >= 15 is 0 Å². The van der Waals surface area contributed by atoms with Crippen LogP contribution >= 0.6 is 0 Å². The molecule has 0 saturated carbocycles. The zero-order valence-electron chi connectivity index (χ0n) is 6.80. The van der Waals surface area contributed by atoms with E-state index in [2.05, 4.69) is 14.4 Å². The molecule has 1 rings (SSSR count). The van der Waals surface area contributed by atoms with Crippen LogP contribution < -0.4 is 9.39 Å². The summed E-state index contributed by atoms with van der Waals surface area (Å²) in [6, 6.07) is 2.58. The summed E-state index contributed by atoms with van der Waals surface area (Å²) in [4.78, 5) is 3.42. The van der Waals surface area contributed by atoms with Gasteiger partial charge in [0.1, 0.15) is 0 Å². The topological polar surface area (TPSA) is 71.8 Å². The lowest BCUT2D eigenvalue weighted by molar-refractivity contribution is -0.0541. The molecule has 0 unspecified atom stereocenters. The van der Waals surface area contributed by atoms with Crippen LogP contribution in [0.4, 0.5) is 8.78 Å². The van der Waals surface area contributed by atoms with Crippen LogP contribution in [0.2, 0.25) is 0 Å². The van der Waals surface area contributed by atoms with Gasteiger partial charge in [-0.2, -0.15) is 8.78 Å². The van der Waals surface area contributed by atoms with E-state index in [0.717, 1.165) is 0 Å². The van der Waals surface area contributed by atoms with Gasteiger partial charge in [0, 0.05) is 6.20 Å². The maximum Gasteiger partial charge on any atom is 0.707 e. The number of alkyl halides is 2. The van der Waals surface area contributed by atoms with Crippen molar-refractivity contribution in [1.29, 1.82) is 0 Å². The average Bonchev–Trinajstić information content (AvgIpc) is 2.06. The number of pyridine rings is 1. The Labute approximate surface area is 78.1 Å². The van der Waals surface area contributed by atoms with Gasteiger partial charge in [0.25, 0.3) is 5.88 Å². The number of ether oxygens (including phenoxy) is 1. The first-order chi connectivity index (χ1) is 6.59. The molecular weight excluding hydrogens is 199 g/mol. The standard InChI is InChI=1S/C6H6BF2NO4/c8-6(9)13-5-4(14-7(11)12)2-1-3-10-5/h1-3,6,11-12H. The second kappa shape index (κ2) is 4.73. The third-order valence-corrected chi connectivity index (χ3v) is 1.17. The molecule has 14 heavy (non-hydrogen) atoms. The molecule has 76 valence electrons. The monoisotopic (exact) mass is 205 g/mol. The summed E-state index contributed by atoms with van der Waals surface area (Å²) in [6.07, 6.45) is 1.20. The van der Waals surface area contributed by atoms with Crippen molar-refractivity contribution < 1.29 is 28.2 Å². The molecule has 0 aliphatic rings. The molecule has 0 spiro atoms. The van der Waals surface area contributed by atoms with Crippen LogP contribution in [0.15, 0.2) is 18.3 Å². The lowest BCUT2D eigenvalue weighted by atomic mass is 10.2. The predicted octanol–water partition coefficient (Wildman–Crippen LogP) is 0.0313. The summed E-state index contributed by atoms with van der Waals surface area (Å²) < 4.78 is 31.9. The third-order valence-electron chi connectivity index (χ3n) is 1.17. The van der Waals surface area contributed by atoms with Gasteiger partial charge in [0.05, 0.1) is 0 Å². The van der Waals surface area contributed by atoms with Gasteiger partial charge in [-0.05, 0) is 12.1 Å². The number of aromatic nitrogens is 1. The second-order valence-corrected chi connectivity index (χ2v) is 2.13. The molecule has 0 saturated heterocycles. The number of nitrogens with zero attached hydrogens (tertiary/aromatic N) is 1. The third kappa shape index (κ3) is 3.15. The molecule has 8 heteroatoms. The minimum Gasteiger partial charge on any atom is -0.508 e. The maximum atomic E-state index is 11.8. The summed E-state index contributed by atoms with van der Waals surface area (Å²) in [7, 11) is -2.11. The number of hydrogen-bond donors (Lipinski definition) is 2. The van der Waals surface area contributed by atoms with E-state index < -0.39 is 19.8 Å². The highest BCUT2D eigenvalue weighted by Crippen LogP contribution is 2.24. The number of rotatable bonds is 4. The molecule has 5 nitrogen and oxygen atoms in total. The molecule has 0 aliphatic heterocycles. The van der Waals surface area contributed by atoms with Crippen molar-refractivity contribution in [2.45, 2.75) is 6.61 Å². The average molecular weight is 205 g/mol. The lowest BCUT2D eigenvalue weighted by Crippen LogP contribution is -2.21. The van der Waals surface area contributed by atoms with Crippen molar-refractivity contribution in [3.63, 3.8) is 0 Å². The lowest BCUT2D eigenvalue weighted by Gasteiger charge is -2.09. The smallest absolute Gasteiger partial charge is 0.508 e. The Hall–Kier alpha value is -1.41. The van der Waals surface area contributed by atoms with Gasteiger partial charge >= 0.3 is 13.9 Å². The SMILES string of the molecule is OB(O)Oc1cccnc1OC(F)F. The quantitative estimate of drug-likeness (QED) is 0.678. The van der Waals surface area contributed by atoms with Crippen LogP contribution in [-0.4, -0.2) is 29.0 Å². The molecule has 0 amide bonds.